The third-order valence-corrected chi connectivity index (χ3v) is 21.6. The number of rotatable bonds is 11. The lowest BCUT2D eigenvalue weighted by Gasteiger charge is -2.51. The van der Waals surface area contributed by atoms with Gasteiger partial charge in [0.15, 0.2) is 23.5 Å². The Labute approximate surface area is 369 Å². The summed E-state index contributed by atoms with van der Waals surface area (Å²) in [7, 11) is -6.14. The van der Waals surface area contributed by atoms with Crippen LogP contribution in [-0.4, -0.2) is 78.8 Å². The van der Waals surface area contributed by atoms with Gasteiger partial charge in [-0.1, -0.05) is 110 Å². The molecule has 2 aromatic heterocycles. The molecule has 0 bridgehead atoms. The Morgan fingerprint density at radius 2 is 1.37 bits per heavy atom. The highest BCUT2D eigenvalue weighted by molar-refractivity contribution is 7.79. The summed E-state index contributed by atoms with van der Waals surface area (Å²) in [5.41, 5.74) is 1.61. The van der Waals surface area contributed by atoms with Crippen LogP contribution in [0.2, 0.25) is 22.2 Å². The molecule has 4 atom stereocenters. The van der Waals surface area contributed by atoms with Gasteiger partial charge in [-0.2, -0.15) is 9.97 Å². The maximum atomic E-state index is 14.2. The van der Waals surface area contributed by atoms with Gasteiger partial charge in [-0.05, 0) is 58.6 Å². The second-order valence-electron chi connectivity index (χ2n) is 16.6. The topological polar surface area (TPSA) is 158 Å². The normalized spacial score (nSPS) is 20.7. The van der Waals surface area contributed by atoms with E-state index in [0.717, 1.165) is 0 Å². The number of fused-ring (bicyclic) bond motifs is 2. The van der Waals surface area contributed by atoms with Crippen LogP contribution in [0.1, 0.15) is 68.5 Å². The first-order valence-corrected chi connectivity index (χ1v) is 25.2. The number of thiocarbonyl (C=S) groups is 1. The molecule has 2 aliphatic rings. The predicted molar refractivity (Wildman–Crippen MR) is 243 cm³/mol. The lowest BCUT2D eigenvalue weighted by molar-refractivity contribution is -0.114. The van der Waals surface area contributed by atoms with Gasteiger partial charge < -0.3 is 31.9 Å². The predicted octanol–water partition coefficient (Wildman–Crippen LogP) is 9.72. The molecule has 15 nitrogen and oxygen atoms in total. The van der Waals surface area contributed by atoms with Crippen molar-refractivity contribution in [1.82, 2.24) is 19.5 Å². The lowest BCUT2D eigenvalue weighted by atomic mass is 10.2. The summed E-state index contributed by atoms with van der Waals surface area (Å²) in [5, 5.41) is 2.48. The third kappa shape index (κ3) is 9.04. The number of ether oxygens (including phenoxy) is 4. The monoisotopic (exact) mass is 899 g/mol. The minimum Gasteiger partial charge on any atom is -0.446 e. The summed E-state index contributed by atoms with van der Waals surface area (Å²) in [5.74, 6) is -0.291. The van der Waals surface area contributed by atoms with Crippen molar-refractivity contribution in [1.29, 1.82) is 0 Å². The Morgan fingerprint density at radius 3 is 1.92 bits per heavy atom. The first-order valence-electron chi connectivity index (χ1n) is 20.9. The Morgan fingerprint density at radius 1 is 0.806 bits per heavy atom. The van der Waals surface area contributed by atoms with Crippen LogP contribution in [0.15, 0.2) is 97.3 Å². The van der Waals surface area contributed by atoms with Crippen LogP contribution in [0.3, 0.4) is 0 Å². The number of amides is 2. The smallest absolute Gasteiger partial charge is 0.425 e. The molecule has 2 amide bonds. The third-order valence-electron chi connectivity index (χ3n) is 11.1. The van der Waals surface area contributed by atoms with Gasteiger partial charge in [0, 0.05) is 19.1 Å². The van der Waals surface area contributed by atoms with Crippen molar-refractivity contribution in [2.45, 2.75) is 109 Å². The van der Waals surface area contributed by atoms with Crippen LogP contribution in [0.25, 0.3) is 11.2 Å². The highest BCUT2D eigenvalue weighted by atomic mass is 32.1. The standard InChI is InChI=1S/C44H54N6O9SSi2/c1-27(2)61(28(3)4)53-25-35-37(58-62(59-61,29(5)6)30(7)8)38(56-44(60)54-34-23-17-12-18-24-34)41(55-35)49-26-45-36-39(49)47-42(46-31(9)51)48-40(36)57-43(52)50(32-19-13-10-14-20-32)33-21-15-11-16-22-33/h10-24,26-30,35,37-38,41H,25H2,1-9H3,(H,46,47,48,51)/t35-,37-,38-,41-/m1/s1/i25+1. The maximum Gasteiger partial charge on any atom is 0.425 e. The van der Waals surface area contributed by atoms with Gasteiger partial charge >= 0.3 is 28.5 Å². The molecule has 18 heteroatoms. The van der Waals surface area contributed by atoms with Crippen molar-refractivity contribution in [2.75, 3.05) is 16.8 Å². The van der Waals surface area contributed by atoms with Gasteiger partial charge in [0.05, 0.1) is 24.3 Å². The van der Waals surface area contributed by atoms with Gasteiger partial charge in [-0.15, -0.1) is 0 Å². The van der Waals surface area contributed by atoms with E-state index < -0.39 is 53.7 Å². The van der Waals surface area contributed by atoms with Gasteiger partial charge in [0.2, 0.25) is 11.9 Å². The van der Waals surface area contributed by atoms with Crippen LogP contribution in [-0.2, 0) is 27.2 Å². The number of aromatic nitrogens is 4. The first-order chi connectivity index (χ1) is 29.6. The average Bonchev–Trinajstić information content (AvgIpc) is 3.78. The molecule has 4 heterocycles. The number of carbonyl (C=O) groups excluding carboxylic acids is 2. The quantitative estimate of drug-likeness (QED) is 0.0760. The molecule has 5 aromatic rings. The molecule has 0 aliphatic carbocycles. The molecule has 2 saturated heterocycles. The number of nitrogens with zero attached hydrogens (tertiary/aromatic N) is 5. The highest BCUT2D eigenvalue weighted by Gasteiger charge is 2.62. The lowest BCUT2D eigenvalue weighted by Crippen LogP contribution is -2.66. The van der Waals surface area contributed by atoms with Crippen molar-refractivity contribution in [3.63, 3.8) is 0 Å². The molecule has 0 saturated carbocycles. The van der Waals surface area contributed by atoms with E-state index in [9.17, 15) is 9.59 Å². The van der Waals surface area contributed by atoms with Gasteiger partial charge in [0.25, 0.3) is 5.88 Å². The van der Waals surface area contributed by atoms with E-state index in [1.165, 1.54) is 18.2 Å². The summed E-state index contributed by atoms with van der Waals surface area (Å²) in [6.07, 6.45) is -2.69. The largest absolute Gasteiger partial charge is 0.446 e. The van der Waals surface area contributed by atoms with E-state index in [4.69, 9.17) is 49.1 Å². The molecule has 0 radical (unpaired) electrons. The van der Waals surface area contributed by atoms with E-state index in [1.54, 1.807) is 41.0 Å². The fourth-order valence-electron chi connectivity index (χ4n) is 8.20. The zero-order chi connectivity index (χ0) is 44.3. The number of hydrogen-bond acceptors (Lipinski definition) is 13. The van der Waals surface area contributed by atoms with E-state index in [2.05, 4.69) is 70.7 Å². The van der Waals surface area contributed by atoms with Gasteiger partial charge in [-0.25, -0.2) is 14.7 Å². The second kappa shape index (κ2) is 18.7. The van der Waals surface area contributed by atoms with Crippen LogP contribution in [0.4, 0.5) is 22.1 Å². The maximum absolute atomic E-state index is 14.2. The van der Waals surface area contributed by atoms with Crippen LogP contribution in [0.5, 0.6) is 11.6 Å². The summed E-state index contributed by atoms with van der Waals surface area (Å²) < 4.78 is 49.3. The zero-order valence-electron chi connectivity index (χ0n) is 36.4. The Kier molecular flexibility index (Phi) is 13.6. The minimum atomic E-state index is -3.19. The van der Waals surface area contributed by atoms with Crippen LogP contribution < -0.4 is 19.7 Å². The first kappa shape index (κ1) is 45.0. The molecular formula is C44H54N6O9SSi2. The van der Waals surface area contributed by atoms with Crippen molar-refractivity contribution < 1.29 is 41.5 Å². The highest BCUT2D eigenvalue weighted by Crippen LogP contribution is 2.49. The minimum absolute atomic E-state index is 0.00653. The molecule has 62 heavy (non-hydrogen) atoms. The van der Waals surface area contributed by atoms with E-state index in [-0.39, 0.29) is 57.0 Å². The molecule has 1 N–H and O–H groups in total. The van der Waals surface area contributed by atoms with E-state index in [0.29, 0.717) is 17.1 Å². The summed E-state index contributed by atoms with van der Waals surface area (Å²) in [6, 6.07) is 27.2. The van der Waals surface area contributed by atoms with Crippen LogP contribution >= 0.6 is 12.2 Å². The molecule has 3 aromatic carbocycles. The molecule has 2 aliphatic heterocycles. The number of benzene rings is 3. The summed E-state index contributed by atoms with van der Waals surface area (Å²) in [6.45, 7) is 18.6. The second-order valence-corrected chi connectivity index (χ2v) is 25.8. The zero-order valence-corrected chi connectivity index (χ0v) is 39.2. The van der Waals surface area contributed by atoms with E-state index in [1.807, 2.05) is 54.6 Å². The number of carbonyl (C=O) groups is 2. The summed E-state index contributed by atoms with van der Waals surface area (Å²) in [4.78, 5) is 42.0. The Bertz CT molecular complexity index is 2300. The van der Waals surface area contributed by atoms with Gasteiger partial charge in [0.1, 0.15) is 18.0 Å². The van der Waals surface area contributed by atoms with Crippen molar-refractivity contribution >= 4 is 75.1 Å². The van der Waals surface area contributed by atoms with Crippen molar-refractivity contribution in [3.8, 4) is 11.6 Å². The van der Waals surface area contributed by atoms with Crippen LogP contribution in [0, 0.1) is 0 Å². The Balaban J connectivity index is 1.34. The van der Waals surface area contributed by atoms with Gasteiger partial charge in [-0.3, -0.25) is 14.7 Å². The fraction of sp³-hybridized carbons (Fsp3) is 0.409. The molecule has 2 fully saturated rings. The average molecular weight is 900 g/mol. The van der Waals surface area contributed by atoms with E-state index >= 15 is 0 Å². The number of anilines is 3. The molecule has 0 unspecified atom stereocenters. The fourth-order valence-corrected chi connectivity index (χ4v) is 19.6. The number of para-hydroxylation sites is 3. The number of nitrogens with one attached hydrogen (secondary N) is 1. The number of hydrogen-bond donors (Lipinski definition) is 1. The molecular weight excluding hydrogens is 846 g/mol. The number of imidazole rings is 1. The molecule has 7 rings (SSSR count). The van der Waals surface area contributed by atoms with Crippen molar-refractivity contribution in [3.05, 3.63) is 97.3 Å². The SMILES string of the molecule is CC(=O)Nc1nc(OC(=O)N(c2ccccc2)c2ccccc2)c2ncn([C@@H]3O[C@@H]4[13CH2]O[Si](C(C)C)(C(C)C)O[Si](C(C)C)(C(C)C)O[C@H]4[C@H]3OC(=S)Oc3ccccc3)c2n1. The molecule has 0 spiro atoms. The van der Waals surface area contributed by atoms with Crippen molar-refractivity contribution in [2.24, 2.45) is 0 Å². The summed E-state index contributed by atoms with van der Waals surface area (Å²) >= 11 is 5.75. The Hall–Kier alpha value is -5.09. The molecule has 328 valence electrons.